The molecule has 2 aliphatic rings. The molecule has 2 aromatic carbocycles. The van der Waals surface area contributed by atoms with Gasteiger partial charge in [-0.2, -0.15) is 13.2 Å². The van der Waals surface area contributed by atoms with Crippen molar-refractivity contribution in [3.63, 3.8) is 0 Å². The number of ether oxygens (including phenoxy) is 2. The lowest BCUT2D eigenvalue weighted by atomic mass is 9.85. The van der Waals surface area contributed by atoms with Crippen LogP contribution in [0.4, 0.5) is 13.2 Å². The molecule has 2 heterocycles. The molecule has 2 atom stereocenters. The first-order valence-corrected chi connectivity index (χ1v) is 10.6. The highest BCUT2D eigenvalue weighted by Gasteiger charge is 2.31. The van der Waals surface area contributed by atoms with Crippen LogP contribution < -0.4 is 14.8 Å². The molecule has 6 nitrogen and oxygen atoms in total. The number of alkyl halides is 3. The second kappa shape index (κ2) is 8.03. The van der Waals surface area contributed by atoms with Gasteiger partial charge in [0.2, 0.25) is 0 Å². The molecule has 1 aromatic heterocycles. The van der Waals surface area contributed by atoms with Crippen molar-refractivity contribution in [3.8, 4) is 11.5 Å². The molecular weight excluding hydrogens is 423 g/mol. The number of nitrogens with zero attached hydrogens (tertiary/aromatic N) is 1. The van der Waals surface area contributed by atoms with Crippen LogP contribution in [-0.4, -0.2) is 35.1 Å². The molecule has 3 aromatic rings. The number of H-pyrrole nitrogens is 1. The van der Waals surface area contributed by atoms with Gasteiger partial charge in [-0.05, 0) is 55.7 Å². The SMILES string of the molecule is O=C(NC1CCCC(c2nc3ccc(C(F)(F)F)cc3[nH]2)C1)c1ccc2c(c1)OCCO2. The smallest absolute Gasteiger partial charge is 0.416 e. The van der Waals surface area contributed by atoms with E-state index in [-0.39, 0.29) is 17.9 Å². The molecule has 1 saturated carbocycles. The molecule has 0 bridgehead atoms. The first-order valence-electron chi connectivity index (χ1n) is 10.6. The van der Waals surface area contributed by atoms with Gasteiger partial charge < -0.3 is 19.8 Å². The van der Waals surface area contributed by atoms with E-state index < -0.39 is 11.7 Å². The van der Waals surface area contributed by atoms with E-state index in [9.17, 15) is 18.0 Å². The van der Waals surface area contributed by atoms with Crippen molar-refractivity contribution in [2.45, 2.75) is 43.8 Å². The van der Waals surface area contributed by atoms with Crippen molar-refractivity contribution < 1.29 is 27.4 Å². The predicted molar refractivity (Wildman–Crippen MR) is 111 cm³/mol. The van der Waals surface area contributed by atoms with Gasteiger partial charge >= 0.3 is 6.18 Å². The van der Waals surface area contributed by atoms with Gasteiger partial charge in [0.05, 0.1) is 16.6 Å². The summed E-state index contributed by atoms with van der Waals surface area (Å²) in [4.78, 5) is 20.4. The van der Waals surface area contributed by atoms with Crippen LogP contribution in [0.25, 0.3) is 11.0 Å². The Morgan fingerprint density at radius 1 is 1.06 bits per heavy atom. The predicted octanol–water partition coefficient (Wildman–Crippen LogP) is 4.81. The van der Waals surface area contributed by atoms with Gasteiger partial charge in [0.25, 0.3) is 5.91 Å². The number of fused-ring (bicyclic) bond motifs is 2. The molecule has 1 amide bonds. The highest BCUT2D eigenvalue weighted by Crippen LogP contribution is 2.35. The summed E-state index contributed by atoms with van der Waals surface area (Å²) >= 11 is 0. The van der Waals surface area contributed by atoms with Crippen molar-refractivity contribution in [3.05, 3.63) is 53.3 Å². The average Bonchev–Trinajstić information content (AvgIpc) is 3.22. The minimum Gasteiger partial charge on any atom is -0.486 e. The van der Waals surface area contributed by atoms with Gasteiger partial charge in [-0.15, -0.1) is 0 Å². The summed E-state index contributed by atoms with van der Waals surface area (Å²) < 4.78 is 50.0. The van der Waals surface area contributed by atoms with E-state index >= 15 is 0 Å². The molecule has 1 fully saturated rings. The number of benzene rings is 2. The van der Waals surface area contributed by atoms with Gasteiger partial charge in [0, 0.05) is 17.5 Å². The Bertz CT molecular complexity index is 1160. The normalized spacial score (nSPS) is 20.8. The van der Waals surface area contributed by atoms with E-state index in [2.05, 4.69) is 15.3 Å². The summed E-state index contributed by atoms with van der Waals surface area (Å²) in [6.45, 7) is 0.936. The minimum absolute atomic E-state index is 0.0380. The number of aromatic amines is 1. The van der Waals surface area contributed by atoms with E-state index in [0.717, 1.165) is 31.4 Å². The minimum atomic E-state index is -4.40. The lowest BCUT2D eigenvalue weighted by molar-refractivity contribution is -0.137. The van der Waals surface area contributed by atoms with Gasteiger partial charge in [-0.25, -0.2) is 4.98 Å². The lowest BCUT2D eigenvalue weighted by Gasteiger charge is -2.29. The number of halogens is 3. The van der Waals surface area contributed by atoms with E-state index in [1.807, 2.05) is 0 Å². The quantitative estimate of drug-likeness (QED) is 0.607. The van der Waals surface area contributed by atoms with Crippen LogP contribution in [0.2, 0.25) is 0 Å². The summed E-state index contributed by atoms with van der Waals surface area (Å²) in [7, 11) is 0. The molecule has 0 spiro atoms. The third-order valence-corrected chi connectivity index (χ3v) is 6.03. The Morgan fingerprint density at radius 3 is 2.69 bits per heavy atom. The van der Waals surface area contributed by atoms with Crippen molar-refractivity contribution in [1.29, 1.82) is 0 Å². The fourth-order valence-electron chi connectivity index (χ4n) is 4.42. The van der Waals surface area contributed by atoms with Crippen LogP contribution in [0, 0.1) is 0 Å². The van der Waals surface area contributed by atoms with Gasteiger partial charge in [0.1, 0.15) is 19.0 Å². The van der Waals surface area contributed by atoms with E-state index in [1.54, 1.807) is 18.2 Å². The Labute approximate surface area is 182 Å². The molecule has 2 unspecified atom stereocenters. The Hall–Kier alpha value is -3.23. The van der Waals surface area contributed by atoms with Crippen LogP contribution in [0.3, 0.4) is 0 Å². The Morgan fingerprint density at radius 2 is 1.88 bits per heavy atom. The van der Waals surface area contributed by atoms with Crippen LogP contribution in [0.15, 0.2) is 36.4 Å². The maximum atomic E-state index is 13.0. The number of amides is 1. The van der Waals surface area contributed by atoms with E-state index in [1.165, 1.54) is 6.07 Å². The number of hydrogen-bond donors (Lipinski definition) is 2. The Kier molecular flexibility index (Phi) is 5.19. The van der Waals surface area contributed by atoms with Gasteiger partial charge in [0.15, 0.2) is 11.5 Å². The number of hydrogen-bond acceptors (Lipinski definition) is 4. The zero-order valence-corrected chi connectivity index (χ0v) is 17.2. The van der Waals surface area contributed by atoms with Crippen LogP contribution in [0.5, 0.6) is 11.5 Å². The maximum absolute atomic E-state index is 13.0. The highest BCUT2D eigenvalue weighted by molar-refractivity contribution is 5.95. The first kappa shape index (κ1) is 20.7. The zero-order chi connectivity index (χ0) is 22.3. The maximum Gasteiger partial charge on any atom is 0.416 e. The second-order valence-corrected chi connectivity index (χ2v) is 8.24. The first-order chi connectivity index (χ1) is 15.4. The molecule has 32 heavy (non-hydrogen) atoms. The van der Waals surface area contributed by atoms with Gasteiger partial charge in [-0.1, -0.05) is 6.42 Å². The van der Waals surface area contributed by atoms with Crippen molar-refractivity contribution in [1.82, 2.24) is 15.3 Å². The summed E-state index contributed by atoms with van der Waals surface area (Å²) in [5.74, 6) is 1.70. The molecule has 1 aliphatic heterocycles. The van der Waals surface area contributed by atoms with Gasteiger partial charge in [-0.3, -0.25) is 4.79 Å². The summed E-state index contributed by atoms with van der Waals surface area (Å²) in [6, 6.07) is 8.61. The number of aromatic nitrogens is 2. The molecule has 0 radical (unpaired) electrons. The topological polar surface area (TPSA) is 76.2 Å². The summed E-state index contributed by atoms with van der Waals surface area (Å²) in [5.41, 5.74) is 0.681. The second-order valence-electron chi connectivity index (χ2n) is 8.24. The largest absolute Gasteiger partial charge is 0.486 e. The molecule has 168 valence electrons. The standard InChI is InChI=1S/C23H22F3N3O3/c24-23(25,26)15-5-6-17-18(12-15)29-21(28-17)13-2-1-3-16(10-13)27-22(30)14-4-7-19-20(11-14)32-9-8-31-19/h4-7,11-13,16H,1-3,8-10H2,(H,27,30)(H,28,29). The zero-order valence-electron chi connectivity index (χ0n) is 17.2. The van der Waals surface area contributed by atoms with Crippen molar-refractivity contribution in [2.75, 3.05) is 13.2 Å². The number of carbonyl (C=O) groups excluding carboxylic acids is 1. The molecule has 1 aliphatic carbocycles. The molecular formula is C23H22F3N3O3. The fourth-order valence-corrected chi connectivity index (χ4v) is 4.42. The number of rotatable bonds is 3. The molecule has 2 N–H and O–H groups in total. The monoisotopic (exact) mass is 445 g/mol. The van der Waals surface area contributed by atoms with Crippen molar-refractivity contribution >= 4 is 16.9 Å². The van der Waals surface area contributed by atoms with Crippen LogP contribution in [-0.2, 0) is 6.18 Å². The average molecular weight is 445 g/mol. The van der Waals surface area contributed by atoms with Crippen LogP contribution >= 0.6 is 0 Å². The molecule has 9 heteroatoms. The Balaban J connectivity index is 1.28. The number of imidazole rings is 1. The fraction of sp³-hybridized carbons (Fsp3) is 0.391. The van der Waals surface area contributed by atoms with Crippen molar-refractivity contribution in [2.24, 2.45) is 0 Å². The molecule has 5 rings (SSSR count). The summed E-state index contributed by atoms with van der Waals surface area (Å²) in [5, 5.41) is 3.08. The van der Waals surface area contributed by atoms with Crippen LogP contribution in [0.1, 0.15) is 53.3 Å². The lowest BCUT2D eigenvalue weighted by Crippen LogP contribution is -2.38. The highest BCUT2D eigenvalue weighted by atomic mass is 19.4. The number of carbonyl (C=O) groups is 1. The molecule has 0 saturated heterocycles. The number of nitrogens with one attached hydrogen (secondary N) is 2. The third kappa shape index (κ3) is 4.11. The third-order valence-electron chi connectivity index (χ3n) is 6.03. The van der Waals surface area contributed by atoms with E-state index in [4.69, 9.17) is 9.47 Å². The summed E-state index contributed by atoms with van der Waals surface area (Å²) in [6.07, 6.45) is -1.13. The van der Waals surface area contributed by atoms with E-state index in [0.29, 0.717) is 53.6 Å².